The Morgan fingerprint density at radius 1 is 1.12 bits per heavy atom. The van der Waals surface area contributed by atoms with Crippen LogP contribution in [0.3, 0.4) is 0 Å². The molecule has 1 unspecified atom stereocenters. The largest absolute Gasteiger partial charge is 0.493 e. The molecule has 0 radical (unpaired) electrons. The van der Waals surface area contributed by atoms with Gasteiger partial charge in [0.25, 0.3) is 0 Å². The minimum Gasteiger partial charge on any atom is -0.493 e. The van der Waals surface area contributed by atoms with Gasteiger partial charge in [-0.1, -0.05) is 17.7 Å². The van der Waals surface area contributed by atoms with Gasteiger partial charge in [0.2, 0.25) is 0 Å². The van der Waals surface area contributed by atoms with Crippen LogP contribution in [0.5, 0.6) is 11.5 Å². The molecule has 2 atom stereocenters. The lowest BCUT2D eigenvalue weighted by atomic mass is 9.93. The number of rotatable bonds is 5. The smallest absolute Gasteiger partial charge is 0.161 e. The highest BCUT2D eigenvalue weighted by Crippen LogP contribution is 2.38. The first kappa shape index (κ1) is 18.0. The van der Waals surface area contributed by atoms with Crippen molar-refractivity contribution in [3.63, 3.8) is 0 Å². The predicted molar refractivity (Wildman–Crippen MR) is 101 cm³/mol. The Morgan fingerprint density at radius 2 is 1.76 bits per heavy atom. The second-order valence-corrected chi connectivity index (χ2v) is 7.97. The van der Waals surface area contributed by atoms with Crippen molar-refractivity contribution in [1.82, 2.24) is 4.90 Å². The van der Waals surface area contributed by atoms with Gasteiger partial charge in [0.05, 0.1) is 25.0 Å². The third kappa shape index (κ3) is 3.72. The van der Waals surface area contributed by atoms with Crippen molar-refractivity contribution in [3.05, 3.63) is 53.1 Å². The summed E-state index contributed by atoms with van der Waals surface area (Å²) in [5.41, 5.74) is 3.62. The standard InChI is InChI=1S/C20H25NO3S/c1-14-5-7-16(8-6-14)25(22)13-18-17-12-20(24-4)19(23-3)11-15(17)9-10-21(18)2/h5-8,11-12,18H,9-10,13H2,1-4H3/t18-,25?/m0/s1. The first-order valence-electron chi connectivity index (χ1n) is 8.43. The summed E-state index contributed by atoms with van der Waals surface area (Å²) < 4.78 is 23.8. The third-order valence-corrected chi connectivity index (χ3v) is 6.28. The third-order valence-electron chi connectivity index (χ3n) is 4.86. The molecule has 0 spiro atoms. The maximum atomic E-state index is 12.9. The summed E-state index contributed by atoms with van der Waals surface area (Å²) in [5, 5.41) is 0. The lowest BCUT2D eigenvalue weighted by molar-refractivity contribution is 0.248. The summed E-state index contributed by atoms with van der Waals surface area (Å²) in [7, 11) is 4.35. The Morgan fingerprint density at radius 3 is 2.40 bits per heavy atom. The molecule has 0 aliphatic carbocycles. The van der Waals surface area contributed by atoms with Crippen LogP contribution < -0.4 is 9.47 Å². The molecule has 1 aliphatic rings. The Balaban J connectivity index is 1.91. The van der Waals surface area contributed by atoms with Gasteiger partial charge in [-0.3, -0.25) is 9.11 Å². The number of ether oxygens (including phenoxy) is 2. The second-order valence-electron chi connectivity index (χ2n) is 6.48. The topological polar surface area (TPSA) is 38.8 Å². The average Bonchev–Trinajstić information content (AvgIpc) is 2.63. The van der Waals surface area contributed by atoms with E-state index in [1.54, 1.807) is 14.2 Å². The number of benzene rings is 2. The Bertz CT molecular complexity index is 773. The van der Waals surface area contributed by atoms with E-state index in [1.807, 2.05) is 37.3 Å². The summed E-state index contributed by atoms with van der Waals surface area (Å²) in [6.07, 6.45) is 0.958. The number of likely N-dealkylation sites (N-methyl/N-ethyl adjacent to an activating group) is 1. The van der Waals surface area contributed by atoms with E-state index >= 15 is 0 Å². The van der Waals surface area contributed by atoms with Gasteiger partial charge in [-0.2, -0.15) is 0 Å². The molecule has 0 N–H and O–H groups in total. The molecule has 2 aromatic carbocycles. The van der Waals surface area contributed by atoms with E-state index in [9.17, 15) is 4.21 Å². The van der Waals surface area contributed by atoms with Crippen molar-refractivity contribution in [2.45, 2.75) is 24.3 Å². The summed E-state index contributed by atoms with van der Waals surface area (Å²) in [5.74, 6) is 2.05. The minimum atomic E-state index is -1.05. The van der Waals surface area contributed by atoms with Crippen molar-refractivity contribution in [1.29, 1.82) is 0 Å². The van der Waals surface area contributed by atoms with Crippen LogP contribution in [-0.2, 0) is 17.2 Å². The van der Waals surface area contributed by atoms with E-state index in [4.69, 9.17) is 9.47 Å². The van der Waals surface area contributed by atoms with Crippen LogP contribution in [0.15, 0.2) is 41.3 Å². The first-order valence-corrected chi connectivity index (χ1v) is 9.75. The summed E-state index contributed by atoms with van der Waals surface area (Å²) >= 11 is 0. The van der Waals surface area contributed by atoms with Crippen LogP contribution in [0.25, 0.3) is 0 Å². The van der Waals surface area contributed by atoms with E-state index in [1.165, 1.54) is 16.7 Å². The van der Waals surface area contributed by atoms with E-state index in [0.717, 1.165) is 29.4 Å². The van der Waals surface area contributed by atoms with Crippen LogP contribution in [0.4, 0.5) is 0 Å². The zero-order valence-corrected chi connectivity index (χ0v) is 16.1. The fourth-order valence-electron chi connectivity index (χ4n) is 3.30. The number of fused-ring (bicyclic) bond motifs is 1. The molecule has 25 heavy (non-hydrogen) atoms. The van der Waals surface area contributed by atoms with Gasteiger partial charge < -0.3 is 9.47 Å². The molecule has 1 heterocycles. The minimum absolute atomic E-state index is 0.102. The highest BCUT2D eigenvalue weighted by Gasteiger charge is 2.28. The van der Waals surface area contributed by atoms with E-state index < -0.39 is 10.8 Å². The number of nitrogens with zero attached hydrogens (tertiary/aromatic N) is 1. The molecular weight excluding hydrogens is 334 g/mol. The molecule has 0 saturated carbocycles. The molecule has 0 bridgehead atoms. The molecule has 5 heteroatoms. The lowest BCUT2D eigenvalue weighted by Crippen LogP contribution is -2.35. The maximum Gasteiger partial charge on any atom is 0.161 e. The Hall–Kier alpha value is -1.85. The zero-order chi connectivity index (χ0) is 18.0. The summed E-state index contributed by atoms with van der Waals surface area (Å²) in [6.45, 7) is 2.98. The molecule has 4 nitrogen and oxygen atoms in total. The normalized spacial score (nSPS) is 18.5. The number of hydrogen-bond donors (Lipinski definition) is 0. The summed E-state index contributed by atoms with van der Waals surface area (Å²) in [6, 6.07) is 12.2. The maximum absolute atomic E-state index is 12.9. The number of methoxy groups -OCH3 is 2. The van der Waals surface area contributed by atoms with Crippen molar-refractivity contribution in [2.75, 3.05) is 33.6 Å². The van der Waals surface area contributed by atoms with E-state index in [-0.39, 0.29) is 6.04 Å². The quantitative estimate of drug-likeness (QED) is 0.821. The van der Waals surface area contributed by atoms with Crippen LogP contribution in [0, 0.1) is 6.92 Å². The Labute approximate surface area is 152 Å². The first-order chi connectivity index (χ1) is 12.0. The van der Waals surface area contributed by atoms with E-state index in [2.05, 4.69) is 18.0 Å². The van der Waals surface area contributed by atoms with Crippen molar-refractivity contribution in [3.8, 4) is 11.5 Å². The van der Waals surface area contributed by atoms with Gasteiger partial charge in [-0.25, -0.2) is 0 Å². The highest BCUT2D eigenvalue weighted by atomic mass is 32.2. The summed E-state index contributed by atoms with van der Waals surface area (Å²) in [4.78, 5) is 3.16. The van der Waals surface area contributed by atoms with Gasteiger partial charge in [-0.15, -0.1) is 0 Å². The monoisotopic (exact) mass is 359 g/mol. The number of hydrogen-bond acceptors (Lipinski definition) is 4. The van der Waals surface area contributed by atoms with Crippen molar-refractivity contribution >= 4 is 10.8 Å². The van der Waals surface area contributed by atoms with Gasteiger partial charge in [0, 0.05) is 23.2 Å². The van der Waals surface area contributed by atoms with Crippen molar-refractivity contribution < 1.29 is 13.7 Å². The van der Waals surface area contributed by atoms with Crippen molar-refractivity contribution in [2.24, 2.45) is 0 Å². The molecule has 0 aromatic heterocycles. The molecule has 2 aromatic rings. The molecule has 3 rings (SSSR count). The van der Waals surface area contributed by atoms with Crippen LogP contribution in [0.1, 0.15) is 22.7 Å². The second kappa shape index (κ2) is 7.58. The van der Waals surface area contributed by atoms with Gasteiger partial charge in [0.15, 0.2) is 11.5 Å². The zero-order valence-electron chi connectivity index (χ0n) is 15.2. The van der Waals surface area contributed by atoms with Crippen LogP contribution in [-0.4, -0.2) is 42.7 Å². The fourth-order valence-corrected chi connectivity index (χ4v) is 4.65. The van der Waals surface area contributed by atoms with Crippen LogP contribution >= 0.6 is 0 Å². The average molecular weight is 359 g/mol. The van der Waals surface area contributed by atoms with Crippen LogP contribution in [0.2, 0.25) is 0 Å². The predicted octanol–water partition coefficient (Wildman–Crippen LogP) is 3.35. The molecule has 0 saturated heterocycles. The fraction of sp³-hybridized carbons (Fsp3) is 0.400. The SMILES string of the molecule is COc1cc2c(cc1OC)[C@H](CS(=O)c1ccc(C)cc1)N(C)CC2. The number of aryl methyl sites for hydroxylation is 1. The highest BCUT2D eigenvalue weighted by molar-refractivity contribution is 7.85. The molecule has 0 amide bonds. The molecule has 0 fully saturated rings. The van der Waals surface area contributed by atoms with E-state index in [0.29, 0.717) is 5.75 Å². The molecule has 134 valence electrons. The molecule has 1 aliphatic heterocycles. The van der Waals surface area contributed by atoms with Gasteiger partial charge in [-0.05, 0) is 55.8 Å². The Kier molecular flexibility index (Phi) is 5.45. The molecular formula is C20H25NO3S. The van der Waals surface area contributed by atoms with Gasteiger partial charge >= 0.3 is 0 Å². The van der Waals surface area contributed by atoms with Gasteiger partial charge in [0.1, 0.15) is 0 Å². The lowest BCUT2D eigenvalue weighted by Gasteiger charge is -2.35.